The molecule has 1 aromatic heterocycles. The van der Waals surface area contributed by atoms with Gasteiger partial charge in [-0.05, 0) is 13.0 Å². The molecule has 2 amide bonds. The van der Waals surface area contributed by atoms with Gasteiger partial charge in [0.1, 0.15) is 24.7 Å². The molecule has 23 heavy (non-hydrogen) atoms. The van der Waals surface area contributed by atoms with E-state index in [4.69, 9.17) is 11.6 Å². The lowest BCUT2D eigenvalue weighted by Gasteiger charge is -2.37. The Morgan fingerprint density at radius 3 is 2.91 bits per heavy atom. The summed E-state index contributed by atoms with van der Waals surface area (Å²) < 4.78 is 1.47. The van der Waals surface area contributed by atoms with Gasteiger partial charge in [0.15, 0.2) is 0 Å². The van der Waals surface area contributed by atoms with Crippen molar-refractivity contribution in [3.63, 3.8) is 0 Å². The largest absolute Gasteiger partial charge is 0.352 e. The van der Waals surface area contributed by atoms with Crippen LogP contribution in [0.2, 0.25) is 5.02 Å². The fraction of sp³-hybridized carbons (Fsp3) is 0.333. The number of nitrogens with one attached hydrogen (secondary N) is 1. The van der Waals surface area contributed by atoms with Gasteiger partial charge in [-0.25, -0.2) is 9.67 Å². The minimum Gasteiger partial charge on any atom is -0.352 e. The number of hydrogen-bond acceptors (Lipinski definition) is 4. The highest BCUT2D eigenvalue weighted by Crippen LogP contribution is 2.30. The van der Waals surface area contributed by atoms with Gasteiger partial charge in [0.2, 0.25) is 11.8 Å². The minimum atomic E-state index is -0.740. The van der Waals surface area contributed by atoms with Crippen LogP contribution >= 0.6 is 11.6 Å². The van der Waals surface area contributed by atoms with E-state index < -0.39 is 12.1 Å². The lowest BCUT2D eigenvalue weighted by atomic mass is 10.0. The van der Waals surface area contributed by atoms with E-state index in [2.05, 4.69) is 15.4 Å². The molecule has 1 fully saturated rings. The van der Waals surface area contributed by atoms with Gasteiger partial charge in [-0.2, -0.15) is 5.10 Å². The van der Waals surface area contributed by atoms with Crippen molar-refractivity contribution in [2.24, 2.45) is 0 Å². The maximum Gasteiger partial charge on any atom is 0.248 e. The zero-order valence-corrected chi connectivity index (χ0v) is 13.3. The zero-order chi connectivity index (χ0) is 16.4. The first kappa shape index (κ1) is 15.5. The lowest BCUT2D eigenvalue weighted by Crippen LogP contribution is -2.53. The van der Waals surface area contributed by atoms with Crippen molar-refractivity contribution in [1.29, 1.82) is 0 Å². The summed E-state index contributed by atoms with van der Waals surface area (Å²) in [4.78, 5) is 30.6. The summed E-state index contributed by atoms with van der Waals surface area (Å²) in [7, 11) is 0. The van der Waals surface area contributed by atoms with Gasteiger partial charge in [-0.3, -0.25) is 9.59 Å². The normalized spacial score (nSPS) is 19.3. The molecule has 0 unspecified atom stereocenters. The number of carbonyl (C=O) groups is 2. The highest BCUT2D eigenvalue weighted by molar-refractivity contribution is 6.31. The molecule has 1 N–H and O–H groups in total. The van der Waals surface area contributed by atoms with Crippen LogP contribution in [0.15, 0.2) is 36.9 Å². The fourth-order valence-corrected chi connectivity index (χ4v) is 2.92. The second-order valence-corrected chi connectivity index (χ2v) is 5.71. The maximum absolute atomic E-state index is 12.9. The van der Waals surface area contributed by atoms with Crippen molar-refractivity contribution in [2.45, 2.75) is 19.0 Å². The Balaban J connectivity index is 1.94. The van der Waals surface area contributed by atoms with Gasteiger partial charge in [0.25, 0.3) is 0 Å². The summed E-state index contributed by atoms with van der Waals surface area (Å²) in [6, 6.07) is 5.77. The van der Waals surface area contributed by atoms with Crippen LogP contribution in [-0.4, -0.2) is 44.6 Å². The molecule has 7 nitrogen and oxygen atoms in total. The van der Waals surface area contributed by atoms with E-state index in [0.717, 1.165) is 0 Å². The molecule has 0 bridgehead atoms. The second kappa shape index (κ2) is 6.37. The number of halogens is 1. The van der Waals surface area contributed by atoms with E-state index in [9.17, 15) is 9.59 Å². The first-order valence-corrected chi connectivity index (χ1v) is 7.64. The van der Waals surface area contributed by atoms with Crippen LogP contribution in [0.5, 0.6) is 0 Å². The van der Waals surface area contributed by atoms with Gasteiger partial charge in [-0.1, -0.05) is 29.8 Å². The first-order chi connectivity index (χ1) is 11.1. The maximum atomic E-state index is 12.9. The Hall–Kier alpha value is -2.41. The number of aromatic nitrogens is 3. The predicted octanol–water partition coefficient (Wildman–Crippen LogP) is 1.19. The summed E-state index contributed by atoms with van der Waals surface area (Å²) in [5.74, 6) is -0.432. The number of benzene rings is 1. The third-order valence-corrected chi connectivity index (χ3v) is 4.23. The van der Waals surface area contributed by atoms with Crippen molar-refractivity contribution < 1.29 is 9.59 Å². The third kappa shape index (κ3) is 2.92. The van der Waals surface area contributed by atoms with Gasteiger partial charge in [0.05, 0.1) is 0 Å². The molecule has 0 aliphatic carbocycles. The molecule has 0 saturated carbocycles. The van der Waals surface area contributed by atoms with Crippen molar-refractivity contribution in [3.8, 4) is 0 Å². The lowest BCUT2D eigenvalue weighted by molar-refractivity contribution is -0.145. The fourth-order valence-electron chi connectivity index (χ4n) is 2.68. The summed E-state index contributed by atoms with van der Waals surface area (Å²) in [6.07, 6.45) is 2.86. The number of nitrogens with zero attached hydrogens (tertiary/aromatic N) is 4. The molecule has 120 valence electrons. The van der Waals surface area contributed by atoms with E-state index in [1.165, 1.54) is 17.3 Å². The van der Waals surface area contributed by atoms with Crippen LogP contribution in [-0.2, 0) is 9.59 Å². The highest BCUT2D eigenvalue weighted by Gasteiger charge is 2.37. The molecule has 2 aromatic rings. The summed E-state index contributed by atoms with van der Waals surface area (Å²) in [5.41, 5.74) is 0.616. The molecule has 1 aliphatic heterocycles. The van der Waals surface area contributed by atoms with Gasteiger partial charge in [0, 0.05) is 23.7 Å². The minimum absolute atomic E-state index is 0.199. The quantitative estimate of drug-likeness (QED) is 0.915. The molecule has 0 radical (unpaired) electrons. The van der Waals surface area contributed by atoms with E-state index in [-0.39, 0.29) is 11.8 Å². The molecule has 2 heterocycles. The van der Waals surface area contributed by atoms with Crippen LogP contribution < -0.4 is 5.32 Å². The van der Waals surface area contributed by atoms with Crippen LogP contribution in [0.4, 0.5) is 0 Å². The standard InChI is InChI=1S/C15H16ClN5O2/c1-10(21-9-17-8-19-21)15(23)20-7-6-18-14(22)13(20)11-4-2-3-5-12(11)16/h2-5,8-10,13H,6-7H2,1H3,(H,18,22)/t10-,13-/m1/s1. The topological polar surface area (TPSA) is 80.1 Å². The molecule has 1 aromatic carbocycles. The number of rotatable bonds is 3. The molecule has 1 aliphatic rings. The number of piperazine rings is 1. The molecular weight excluding hydrogens is 318 g/mol. The van der Waals surface area contributed by atoms with Gasteiger partial charge in [-0.15, -0.1) is 0 Å². The molecular formula is C15H16ClN5O2. The highest BCUT2D eigenvalue weighted by atomic mass is 35.5. The van der Waals surface area contributed by atoms with Crippen molar-refractivity contribution in [3.05, 3.63) is 47.5 Å². The first-order valence-electron chi connectivity index (χ1n) is 7.26. The van der Waals surface area contributed by atoms with Crippen molar-refractivity contribution in [2.75, 3.05) is 13.1 Å². The predicted molar refractivity (Wildman–Crippen MR) is 83.6 cm³/mol. The van der Waals surface area contributed by atoms with E-state index in [0.29, 0.717) is 23.7 Å². The van der Waals surface area contributed by atoms with E-state index in [1.54, 1.807) is 36.1 Å². The molecule has 0 spiro atoms. The Kier molecular flexibility index (Phi) is 4.29. The van der Waals surface area contributed by atoms with Gasteiger partial charge >= 0.3 is 0 Å². The zero-order valence-electron chi connectivity index (χ0n) is 12.5. The molecule has 3 rings (SSSR count). The Morgan fingerprint density at radius 2 is 2.22 bits per heavy atom. The average molecular weight is 334 g/mol. The van der Waals surface area contributed by atoms with Crippen LogP contribution in [0.25, 0.3) is 0 Å². The summed E-state index contributed by atoms with van der Waals surface area (Å²) in [5, 5.41) is 7.25. The Morgan fingerprint density at radius 1 is 1.43 bits per heavy atom. The van der Waals surface area contributed by atoms with E-state index >= 15 is 0 Å². The Bertz CT molecular complexity index is 718. The molecule has 8 heteroatoms. The SMILES string of the molecule is C[C@H](C(=O)N1CCNC(=O)[C@H]1c1ccccc1Cl)n1cncn1. The average Bonchev–Trinajstić information content (AvgIpc) is 3.08. The van der Waals surface area contributed by atoms with Crippen LogP contribution in [0, 0.1) is 0 Å². The number of amides is 2. The van der Waals surface area contributed by atoms with Crippen molar-refractivity contribution >= 4 is 23.4 Å². The second-order valence-electron chi connectivity index (χ2n) is 5.30. The monoisotopic (exact) mass is 333 g/mol. The molecule has 2 atom stereocenters. The third-order valence-electron chi connectivity index (χ3n) is 3.89. The van der Waals surface area contributed by atoms with E-state index in [1.807, 2.05) is 0 Å². The molecule has 1 saturated heterocycles. The van der Waals surface area contributed by atoms with Crippen LogP contribution in [0.1, 0.15) is 24.6 Å². The number of carbonyl (C=O) groups excluding carboxylic acids is 2. The summed E-state index contributed by atoms with van der Waals surface area (Å²) >= 11 is 6.23. The Labute approximate surface area is 138 Å². The van der Waals surface area contributed by atoms with Crippen LogP contribution in [0.3, 0.4) is 0 Å². The summed E-state index contributed by atoms with van der Waals surface area (Å²) in [6.45, 7) is 2.56. The number of hydrogen-bond donors (Lipinski definition) is 1. The van der Waals surface area contributed by atoms with Gasteiger partial charge < -0.3 is 10.2 Å². The smallest absolute Gasteiger partial charge is 0.248 e. The van der Waals surface area contributed by atoms with Crippen molar-refractivity contribution in [1.82, 2.24) is 25.0 Å².